The Kier molecular flexibility index (Phi) is 4.79. The molecule has 4 heteroatoms. The number of rotatable bonds is 4. The first kappa shape index (κ1) is 15.9. The summed E-state index contributed by atoms with van der Waals surface area (Å²) >= 11 is 12.2. The van der Waals surface area contributed by atoms with E-state index in [0.717, 1.165) is 11.8 Å². The standard InChI is InChI=1S/C18H21Cl2NO/c1-11(15-10-12-5-6-13(15)9-12)21-18(22)8-7-14-16(19)3-2-4-17(14)20/h2-4,7-8,11-13,15H,5-6,9-10H2,1H3,(H,21,22). The Hall–Kier alpha value is -0.990. The Balaban J connectivity index is 1.59. The Morgan fingerprint density at radius 1 is 1.27 bits per heavy atom. The third-order valence-corrected chi connectivity index (χ3v) is 5.87. The van der Waals surface area contributed by atoms with Gasteiger partial charge in [0.1, 0.15) is 0 Å². The Bertz CT molecular complexity index is 578. The van der Waals surface area contributed by atoms with Crippen molar-refractivity contribution >= 4 is 35.2 Å². The summed E-state index contributed by atoms with van der Waals surface area (Å²) in [5.41, 5.74) is 0.688. The molecule has 0 heterocycles. The Morgan fingerprint density at radius 3 is 2.59 bits per heavy atom. The van der Waals surface area contributed by atoms with Crippen molar-refractivity contribution < 1.29 is 4.79 Å². The molecule has 1 N–H and O–H groups in total. The minimum atomic E-state index is -0.0775. The highest BCUT2D eigenvalue weighted by molar-refractivity contribution is 6.37. The molecule has 1 amide bonds. The molecule has 3 rings (SSSR count). The highest BCUT2D eigenvalue weighted by Gasteiger charge is 2.41. The maximum Gasteiger partial charge on any atom is 0.244 e. The molecule has 2 aliphatic rings. The average molecular weight is 338 g/mol. The van der Waals surface area contributed by atoms with Gasteiger partial charge in [-0.15, -0.1) is 0 Å². The molecule has 2 aliphatic carbocycles. The molecule has 0 saturated heterocycles. The third-order valence-electron chi connectivity index (χ3n) is 5.21. The van der Waals surface area contributed by atoms with E-state index >= 15 is 0 Å². The second kappa shape index (κ2) is 6.64. The van der Waals surface area contributed by atoms with Crippen LogP contribution in [-0.2, 0) is 4.79 Å². The van der Waals surface area contributed by atoms with Gasteiger partial charge in [-0.25, -0.2) is 0 Å². The Morgan fingerprint density at radius 2 is 2.00 bits per heavy atom. The van der Waals surface area contributed by atoms with Gasteiger partial charge in [-0.05, 0) is 62.1 Å². The van der Waals surface area contributed by atoms with Gasteiger partial charge < -0.3 is 5.32 Å². The molecule has 1 aromatic rings. The van der Waals surface area contributed by atoms with Crippen LogP contribution in [0.25, 0.3) is 6.08 Å². The van der Waals surface area contributed by atoms with Gasteiger partial charge in [0.05, 0.1) is 0 Å². The number of hydrogen-bond acceptors (Lipinski definition) is 1. The summed E-state index contributed by atoms with van der Waals surface area (Å²) in [5.74, 6) is 2.26. The van der Waals surface area contributed by atoms with Crippen LogP contribution in [0.4, 0.5) is 0 Å². The second-order valence-corrected chi connectivity index (χ2v) is 7.42. The number of carbonyl (C=O) groups excluding carboxylic acids is 1. The first-order valence-electron chi connectivity index (χ1n) is 7.97. The van der Waals surface area contributed by atoms with Gasteiger partial charge in [0.25, 0.3) is 0 Å². The van der Waals surface area contributed by atoms with E-state index in [-0.39, 0.29) is 11.9 Å². The van der Waals surface area contributed by atoms with Crippen LogP contribution < -0.4 is 5.32 Å². The predicted octanol–water partition coefficient (Wildman–Crippen LogP) is 4.95. The first-order chi connectivity index (χ1) is 10.5. The Labute approximate surface area is 141 Å². The molecule has 2 fully saturated rings. The fourth-order valence-corrected chi connectivity index (χ4v) is 4.64. The minimum Gasteiger partial charge on any atom is -0.350 e. The molecule has 0 aromatic heterocycles. The summed E-state index contributed by atoms with van der Waals surface area (Å²) < 4.78 is 0. The van der Waals surface area contributed by atoms with Crippen molar-refractivity contribution in [3.05, 3.63) is 39.9 Å². The lowest BCUT2D eigenvalue weighted by Gasteiger charge is -2.28. The third kappa shape index (κ3) is 3.33. The molecule has 22 heavy (non-hydrogen) atoms. The fraction of sp³-hybridized carbons (Fsp3) is 0.500. The molecule has 0 spiro atoms. The monoisotopic (exact) mass is 337 g/mol. The lowest BCUT2D eigenvalue weighted by Crippen LogP contribution is -2.39. The van der Waals surface area contributed by atoms with E-state index < -0.39 is 0 Å². The zero-order valence-electron chi connectivity index (χ0n) is 12.7. The average Bonchev–Trinajstić information content (AvgIpc) is 3.09. The maximum atomic E-state index is 12.1. The largest absolute Gasteiger partial charge is 0.350 e. The zero-order chi connectivity index (χ0) is 15.7. The van der Waals surface area contributed by atoms with Gasteiger partial charge >= 0.3 is 0 Å². The molecule has 118 valence electrons. The lowest BCUT2D eigenvalue weighted by atomic mass is 9.84. The van der Waals surface area contributed by atoms with Crippen LogP contribution >= 0.6 is 23.2 Å². The zero-order valence-corrected chi connectivity index (χ0v) is 14.2. The van der Waals surface area contributed by atoms with E-state index in [1.165, 1.54) is 31.8 Å². The highest BCUT2D eigenvalue weighted by atomic mass is 35.5. The second-order valence-electron chi connectivity index (χ2n) is 6.60. The normalized spacial score (nSPS) is 28.2. The molecular weight excluding hydrogens is 317 g/mol. The van der Waals surface area contributed by atoms with Gasteiger partial charge in [-0.2, -0.15) is 0 Å². The summed E-state index contributed by atoms with van der Waals surface area (Å²) in [7, 11) is 0. The quantitative estimate of drug-likeness (QED) is 0.774. The topological polar surface area (TPSA) is 29.1 Å². The molecule has 2 bridgehead atoms. The van der Waals surface area contributed by atoms with Crippen LogP contribution in [0.15, 0.2) is 24.3 Å². The fourth-order valence-electron chi connectivity index (χ4n) is 4.11. The number of nitrogens with one attached hydrogen (secondary N) is 1. The predicted molar refractivity (Wildman–Crippen MR) is 92.0 cm³/mol. The summed E-state index contributed by atoms with van der Waals surface area (Å²) in [6.45, 7) is 2.12. The van der Waals surface area contributed by atoms with Crippen LogP contribution in [0.5, 0.6) is 0 Å². The summed E-state index contributed by atoms with van der Waals surface area (Å²) in [6, 6.07) is 5.56. The molecule has 0 aliphatic heterocycles. The van der Waals surface area contributed by atoms with Gasteiger partial charge in [0.2, 0.25) is 5.91 Å². The summed E-state index contributed by atoms with van der Waals surface area (Å²) in [4.78, 5) is 12.1. The molecular formula is C18H21Cl2NO. The van der Waals surface area contributed by atoms with Crippen molar-refractivity contribution in [3.8, 4) is 0 Å². The molecule has 2 nitrogen and oxygen atoms in total. The van der Waals surface area contributed by atoms with Crippen LogP contribution in [0.2, 0.25) is 10.0 Å². The van der Waals surface area contributed by atoms with Crippen LogP contribution in [0.1, 0.15) is 38.2 Å². The highest BCUT2D eigenvalue weighted by Crippen LogP contribution is 2.49. The van der Waals surface area contributed by atoms with E-state index in [2.05, 4.69) is 12.2 Å². The SMILES string of the molecule is CC(NC(=O)C=Cc1c(Cl)cccc1Cl)C1CC2CCC1C2. The molecule has 1 aromatic carbocycles. The van der Waals surface area contributed by atoms with Gasteiger partial charge in [0, 0.05) is 27.7 Å². The van der Waals surface area contributed by atoms with E-state index in [4.69, 9.17) is 23.2 Å². The van der Waals surface area contributed by atoms with Crippen molar-refractivity contribution in [2.75, 3.05) is 0 Å². The number of halogens is 2. The number of hydrogen-bond donors (Lipinski definition) is 1. The van der Waals surface area contributed by atoms with Crippen molar-refractivity contribution in [1.29, 1.82) is 0 Å². The van der Waals surface area contributed by atoms with Crippen LogP contribution in [0.3, 0.4) is 0 Å². The van der Waals surface area contributed by atoms with Gasteiger partial charge in [0.15, 0.2) is 0 Å². The van der Waals surface area contributed by atoms with E-state index in [9.17, 15) is 4.79 Å². The smallest absolute Gasteiger partial charge is 0.244 e. The number of benzene rings is 1. The molecule has 4 unspecified atom stereocenters. The van der Waals surface area contributed by atoms with E-state index in [1.54, 1.807) is 24.3 Å². The van der Waals surface area contributed by atoms with Crippen LogP contribution in [0, 0.1) is 17.8 Å². The van der Waals surface area contributed by atoms with Gasteiger partial charge in [-0.3, -0.25) is 4.79 Å². The summed E-state index contributed by atoms with van der Waals surface area (Å²) in [6.07, 6.45) is 8.56. The van der Waals surface area contributed by atoms with Crippen LogP contribution in [-0.4, -0.2) is 11.9 Å². The maximum absolute atomic E-state index is 12.1. The van der Waals surface area contributed by atoms with Crippen molar-refractivity contribution in [2.45, 2.75) is 38.6 Å². The first-order valence-corrected chi connectivity index (χ1v) is 8.72. The van der Waals surface area contributed by atoms with Crippen molar-refractivity contribution in [3.63, 3.8) is 0 Å². The number of fused-ring (bicyclic) bond motifs is 2. The van der Waals surface area contributed by atoms with Crippen molar-refractivity contribution in [1.82, 2.24) is 5.32 Å². The van der Waals surface area contributed by atoms with E-state index in [1.807, 2.05) is 0 Å². The van der Waals surface area contributed by atoms with Crippen molar-refractivity contribution in [2.24, 2.45) is 17.8 Å². The lowest BCUT2D eigenvalue weighted by molar-refractivity contribution is -0.117. The number of carbonyl (C=O) groups is 1. The van der Waals surface area contributed by atoms with Gasteiger partial charge in [-0.1, -0.05) is 35.7 Å². The van der Waals surface area contributed by atoms with E-state index in [0.29, 0.717) is 21.5 Å². The molecule has 0 radical (unpaired) electrons. The molecule has 2 saturated carbocycles. The minimum absolute atomic E-state index is 0.0775. The molecule has 4 atom stereocenters. The number of amides is 1. The summed E-state index contributed by atoms with van der Waals surface area (Å²) in [5, 5.41) is 4.21.